The number of halogens is 1. The molecule has 8 heteroatoms. The lowest BCUT2D eigenvalue weighted by atomic mass is 10.1. The summed E-state index contributed by atoms with van der Waals surface area (Å²) < 4.78 is 27.5. The number of nitrogens with zero attached hydrogens (tertiary/aromatic N) is 3. The van der Waals surface area contributed by atoms with Crippen LogP contribution in [0.4, 0.5) is 4.39 Å². The van der Waals surface area contributed by atoms with Gasteiger partial charge in [-0.1, -0.05) is 0 Å². The molecule has 2 aromatic heterocycles. The highest BCUT2D eigenvalue weighted by molar-refractivity contribution is 5.84. The molecule has 1 atom stereocenters. The molecule has 4 rings (SSSR count). The molecule has 1 saturated heterocycles. The van der Waals surface area contributed by atoms with E-state index in [0.29, 0.717) is 37.3 Å². The molecule has 2 fully saturated rings. The molecule has 1 saturated carbocycles. The minimum absolute atomic E-state index is 0.00927. The highest BCUT2D eigenvalue weighted by Crippen LogP contribution is 2.32. The molecule has 0 unspecified atom stereocenters. The second-order valence-corrected chi connectivity index (χ2v) is 7.80. The number of amides is 1. The number of fused-ring (bicyclic) bond motifs is 1. The van der Waals surface area contributed by atoms with Crippen molar-refractivity contribution in [3.05, 3.63) is 29.8 Å². The summed E-state index contributed by atoms with van der Waals surface area (Å²) in [6.07, 6.45) is 6.82. The number of aromatic nitrogens is 2. The monoisotopic (exact) mass is 404 g/mol. The smallest absolute Gasteiger partial charge is 0.253 e. The van der Waals surface area contributed by atoms with Crippen molar-refractivity contribution in [2.24, 2.45) is 0 Å². The summed E-state index contributed by atoms with van der Waals surface area (Å²) >= 11 is 0. The molecule has 1 N–H and O–H groups in total. The number of nitrogens with one attached hydrogen (secondary N) is 1. The number of carbonyl (C=O) groups is 1. The topological polar surface area (TPSA) is 68.6 Å². The molecule has 3 heterocycles. The van der Waals surface area contributed by atoms with Crippen molar-refractivity contribution in [3.63, 3.8) is 0 Å². The van der Waals surface area contributed by atoms with Gasteiger partial charge in [-0.05, 0) is 31.7 Å². The van der Waals surface area contributed by atoms with Gasteiger partial charge < -0.3 is 24.3 Å². The SMILES string of the molecule is COCCCCn1cc(CN(C(=O)[C@H]2CNCCO2)C2CC2)c2c(F)ccnc21. The fourth-order valence-corrected chi connectivity index (χ4v) is 3.94. The van der Waals surface area contributed by atoms with Crippen molar-refractivity contribution >= 4 is 16.9 Å². The fourth-order valence-electron chi connectivity index (χ4n) is 3.94. The average Bonchev–Trinajstić information content (AvgIpc) is 3.52. The van der Waals surface area contributed by atoms with Gasteiger partial charge in [-0.25, -0.2) is 9.37 Å². The van der Waals surface area contributed by atoms with Gasteiger partial charge in [0.2, 0.25) is 0 Å². The van der Waals surface area contributed by atoms with E-state index in [0.717, 1.165) is 44.3 Å². The first-order valence-electron chi connectivity index (χ1n) is 10.4. The van der Waals surface area contributed by atoms with Crippen LogP contribution in [0.1, 0.15) is 31.2 Å². The van der Waals surface area contributed by atoms with Gasteiger partial charge in [0.15, 0.2) is 0 Å². The van der Waals surface area contributed by atoms with E-state index in [4.69, 9.17) is 9.47 Å². The van der Waals surface area contributed by atoms with Crippen LogP contribution in [0.5, 0.6) is 0 Å². The molecule has 29 heavy (non-hydrogen) atoms. The molecule has 0 radical (unpaired) electrons. The highest BCUT2D eigenvalue weighted by atomic mass is 19.1. The predicted molar refractivity (Wildman–Crippen MR) is 107 cm³/mol. The van der Waals surface area contributed by atoms with E-state index in [9.17, 15) is 9.18 Å². The number of rotatable bonds is 9. The van der Waals surface area contributed by atoms with E-state index in [1.165, 1.54) is 12.3 Å². The van der Waals surface area contributed by atoms with E-state index < -0.39 is 6.10 Å². The third-order valence-corrected chi connectivity index (χ3v) is 5.60. The van der Waals surface area contributed by atoms with E-state index in [1.54, 1.807) is 7.11 Å². The summed E-state index contributed by atoms with van der Waals surface area (Å²) in [5.74, 6) is -0.301. The third-order valence-electron chi connectivity index (χ3n) is 5.60. The number of carbonyl (C=O) groups excluding carboxylic acids is 1. The number of pyridine rings is 1. The first kappa shape index (κ1) is 20.3. The number of hydrogen-bond donors (Lipinski definition) is 1. The van der Waals surface area contributed by atoms with Crippen LogP contribution in [0.2, 0.25) is 0 Å². The molecule has 7 nitrogen and oxygen atoms in total. The Balaban J connectivity index is 1.57. The van der Waals surface area contributed by atoms with Gasteiger partial charge in [0.25, 0.3) is 5.91 Å². The van der Waals surface area contributed by atoms with Crippen molar-refractivity contribution in [2.75, 3.05) is 33.4 Å². The van der Waals surface area contributed by atoms with Gasteiger partial charge in [0.05, 0.1) is 12.0 Å². The first-order chi connectivity index (χ1) is 14.2. The van der Waals surface area contributed by atoms with Crippen molar-refractivity contribution in [3.8, 4) is 0 Å². The highest BCUT2D eigenvalue weighted by Gasteiger charge is 2.37. The largest absolute Gasteiger partial charge is 0.385 e. The van der Waals surface area contributed by atoms with Crippen molar-refractivity contribution in [1.29, 1.82) is 0 Å². The standard InChI is InChI=1S/C21H29FN4O3/c1-28-10-3-2-9-25-13-15(19-17(22)6-7-24-20(19)25)14-26(16-4-5-16)21(27)18-12-23-8-11-29-18/h6-7,13,16,18,23H,2-5,8-12,14H2,1H3/t18-/m1/s1. The molecule has 158 valence electrons. The van der Waals surface area contributed by atoms with E-state index in [1.807, 2.05) is 15.7 Å². The normalized spacial score (nSPS) is 19.6. The number of aryl methyl sites for hydroxylation is 1. The maximum atomic E-state index is 14.7. The van der Waals surface area contributed by atoms with Gasteiger partial charge >= 0.3 is 0 Å². The van der Waals surface area contributed by atoms with Crippen LogP contribution in [-0.4, -0.2) is 65.9 Å². The number of hydrogen-bond acceptors (Lipinski definition) is 5. The Hall–Kier alpha value is -2.03. The number of methoxy groups -OCH3 is 1. The Labute approximate surface area is 170 Å². The summed E-state index contributed by atoms with van der Waals surface area (Å²) in [4.78, 5) is 19.4. The molecule has 2 aliphatic rings. The average molecular weight is 404 g/mol. The zero-order chi connectivity index (χ0) is 20.2. The molecule has 2 aromatic rings. The maximum absolute atomic E-state index is 14.7. The molecule has 0 bridgehead atoms. The maximum Gasteiger partial charge on any atom is 0.253 e. The Morgan fingerprint density at radius 3 is 3.03 bits per heavy atom. The zero-order valence-corrected chi connectivity index (χ0v) is 16.9. The molecule has 1 amide bonds. The number of morpholine rings is 1. The minimum Gasteiger partial charge on any atom is -0.385 e. The van der Waals surface area contributed by atoms with Gasteiger partial charge in [-0.3, -0.25) is 4.79 Å². The van der Waals surface area contributed by atoms with Crippen LogP contribution in [-0.2, 0) is 27.4 Å². The molecule has 0 aromatic carbocycles. The van der Waals surface area contributed by atoms with Crippen LogP contribution < -0.4 is 5.32 Å². The van der Waals surface area contributed by atoms with Crippen molar-refractivity contribution < 1.29 is 18.7 Å². The van der Waals surface area contributed by atoms with E-state index in [-0.39, 0.29) is 17.8 Å². The fraction of sp³-hybridized carbons (Fsp3) is 0.619. The molecular formula is C21H29FN4O3. The van der Waals surface area contributed by atoms with Crippen LogP contribution >= 0.6 is 0 Å². The summed E-state index contributed by atoms with van der Waals surface area (Å²) in [6.45, 7) is 3.65. The van der Waals surface area contributed by atoms with Gasteiger partial charge in [0, 0.05) is 63.9 Å². The van der Waals surface area contributed by atoms with Crippen molar-refractivity contribution in [2.45, 2.75) is 50.9 Å². The Morgan fingerprint density at radius 1 is 1.45 bits per heavy atom. The second-order valence-electron chi connectivity index (χ2n) is 7.80. The first-order valence-corrected chi connectivity index (χ1v) is 10.4. The van der Waals surface area contributed by atoms with Crippen LogP contribution in [0.15, 0.2) is 18.5 Å². The lowest BCUT2D eigenvalue weighted by Gasteiger charge is -2.30. The quantitative estimate of drug-likeness (QED) is 0.648. The summed E-state index contributed by atoms with van der Waals surface area (Å²) in [7, 11) is 1.69. The Kier molecular flexibility index (Phi) is 6.42. The van der Waals surface area contributed by atoms with Gasteiger partial charge in [-0.2, -0.15) is 0 Å². The van der Waals surface area contributed by atoms with Crippen LogP contribution in [0.25, 0.3) is 11.0 Å². The molecule has 0 spiro atoms. The molecule has 1 aliphatic carbocycles. The predicted octanol–water partition coefficient (Wildman–Crippen LogP) is 2.08. The van der Waals surface area contributed by atoms with Crippen molar-refractivity contribution in [1.82, 2.24) is 19.8 Å². The van der Waals surface area contributed by atoms with E-state index >= 15 is 0 Å². The second kappa shape index (κ2) is 9.19. The zero-order valence-electron chi connectivity index (χ0n) is 16.9. The lowest BCUT2D eigenvalue weighted by molar-refractivity contribution is -0.146. The molecular weight excluding hydrogens is 375 g/mol. The Bertz CT molecular complexity index is 846. The van der Waals surface area contributed by atoms with Gasteiger partial charge in [-0.15, -0.1) is 0 Å². The number of unbranched alkanes of at least 4 members (excludes halogenated alkanes) is 1. The van der Waals surface area contributed by atoms with Crippen LogP contribution in [0, 0.1) is 5.82 Å². The number of ether oxygens (including phenoxy) is 2. The van der Waals surface area contributed by atoms with Gasteiger partial charge in [0.1, 0.15) is 17.6 Å². The van der Waals surface area contributed by atoms with Crippen LogP contribution in [0.3, 0.4) is 0 Å². The summed E-state index contributed by atoms with van der Waals surface area (Å²) in [6, 6.07) is 1.60. The summed E-state index contributed by atoms with van der Waals surface area (Å²) in [5.41, 5.74) is 1.44. The third kappa shape index (κ3) is 4.60. The van der Waals surface area contributed by atoms with E-state index in [2.05, 4.69) is 10.3 Å². The minimum atomic E-state index is -0.463. The Morgan fingerprint density at radius 2 is 2.31 bits per heavy atom. The summed E-state index contributed by atoms with van der Waals surface area (Å²) in [5, 5.41) is 3.73. The lowest BCUT2D eigenvalue weighted by Crippen LogP contribution is -2.49. The molecule has 1 aliphatic heterocycles.